The Morgan fingerprint density at radius 3 is 2.80 bits per heavy atom. The Labute approximate surface area is 148 Å². The molecule has 3 heterocycles. The summed E-state index contributed by atoms with van der Waals surface area (Å²) < 4.78 is 2.24. The standard InChI is InChI=1S/C19H25N5O/c1-3-20-18(25)23-11-8-19(9-12-23)17-21-10-13-24(17)16-7-5-4-6-15(16)14-22(19)2/h4-7,10,13H,3,8-9,11-12,14H2,1-2H3,(H,20,25). The van der Waals surface area contributed by atoms with Crippen LogP contribution < -0.4 is 5.32 Å². The van der Waals surface area contributed by atoms with Gasteiger partial charge < -0.3 is 14.8 Å². The topological polar surface area (TPSA) is 53.4 Å². The van der Waals surface area contributed by atoms with Gasteiger partial charge in [-0.15, -0.1) is 0 Å². The van der Waals surface area contributed by atoms with Gasteiger partial charge in [0.05, 0.1) is 11.2 Å². The van der Waals surface area contributed by atoms with Crippen molar-refractivity contribution in [3.05, 3.63) is 48.0 Å². The van der Waals surface area contributed by atoms with Crippen molar-refractivity contribution in [2.24, 2.45) is 0 Å². The predicted octanol–water partition coefficient (Wildman–Crippen LogP) is 2.34. The highest BCUT2D eigenvalue weighted by molar-refractivity contribution is 5.74. The zero-order valence-corrected chi connectivity index (χ0v) is 14.9. The van der Waals surface area contributed by atoms with Gasteiger partial charge in [0, 0.05) is 38.6 Å². The maximum Gasteiger partial charge on any atom is 0.317 e. The van der Waals surface area contributed by atoms with Crippen molar-refractivity contribution < 1.29 is 4.79 Å². The van der Waals surface area contributed by atoms with Crippen LogP contribution >= 0.6 is 0 Å². The van der Waals surface area contributed by atoms with Crippen LogP contribution in [0.15, 0.2) is 36.7 Å². The molecule has 1 N–H and O–H groups in total. The molecule has 2 amide bonds. The summed E-state index contributed by atoms with van der Waals surface area (Å²) in [7, 11) is 2.18. The van der Waals surface area contributed by atoms with Gasteiger partial charge >= 0.3 is 6.03 Å². The van der Waals surface area contributed by atoms with Crippen LogP contribution in [0.5, 0.6) is 0 Å². The van der Waals surface area contributed by atoms with E-state index in [9.17, 15) is 4.79 Å². The van der Waals surface area contributed by atoms with Crippen LogP contribution in [-0.4, -0.2) is 52.1 Å². The molecule has 0 unspecified atom stereocenters. The predicted molar refractivity (Wildman–Crippen MR) is 96.6 cm³/mol. The fourth-order valence-corrected chi connectivity index (χ4v) is 4.25. The summed E-state index contributed by atoms with van der Waals surface area (Å²) in [6, 6.07) is 8.58. The number of carbonyl (C=O) groups excluding carboxylic acids is 1. The molecule has 0 radical (unpaired) electrons. The number of aromatic nitrogens is 2. The van der Waals surface area contributed by atoms with E-state index in [1.54, 1.807) is 0 Å². The van der Waals surface area contributed by atoms with E-state index < -0.39 is 0 Å². The Morgan fingerprint density at radius 2 is 2.04 bits per heavy atom. The highest BCUT2D eigenvalue weighted by Gasteiger charge is 2.45. The number of nitrogens with one attached hydrogen (secondary N) is 1. The number of imidazole rings is 1. The Hall–Kier alpha value is -2.34. The molecule has 1 aromatic heterocycles. The summed E-state index contributed by atoms with van der Waals surface area (Å²) in [5.41, 5.74) is 2.39. The van der Waals surface area contributed by atoms with E-state index in [0.717, 1.165) is 38.3 Å². The first-order valence-corrected chi connectivity index (χ1v) is 9.02. The zero-order valence-electron chi connectivity index (χ0n) is 14.9. The number of hydrogen-bond acceptors (Lipinski definition) is 3. The van der Waals surface area contributed by atoms with E-state index in [1.165, 1.54) is 11.3 Å². The second-order valence-corrected chi connectivity index (χ2v) is 6.96. The van der Waals surface area contributed by atoms with E-state index in [1.807, 2.05) is 18.0 Å². The molecule has 2 aliphatic heterocycles. The van der Waals surface area contributed by atoms with Gasteiger partial charge in [-0.3, -0.25) is 4.90 Å². The summed E-state index contributed by atoms with van der Waals surface area (Å²) in [6.07, 6.45) is 5.74. The summed E-state index contributed by atoms with van der Waals surface area (Å²) in [6.45, 7) is 5.01. The number of hydrogen-bond donors (Lipinski definition) is 1. The van der Waals surface area contributed by atoms with Crippen molar-refractivity contribution >= 4 is 6.03 Å². The highest BCUT2D eigenvalue weighted by atomic mass is 16.2. The van der Waals surface area contributed by atoms with Crippen LogP contribution in [0.3, 0.4) is 0 Å². The number of urea groups is 1. The monoisotopic (exact) mass is 339 g/mol. The van der Waals surface area contributed by atoms with Gasteiger partial charge in [-0.1, -0.05) is 18.2 Å². The molecule has 25 heavy (non-hydrogen) atoms. The van der Waals surface area contributed by atoms with E-state index in [-0.39, 0.29) is 11.6 Å². The smallest absolute Gasteiger partial charge is 0.317 e. The SMILES string of the molecule is CCNC(=O)N1CCC2(CC1)c1nccn1-c1ccccc1CN2C. The van der Waals surface area contributed by atoms with E-state index >= 15 is 0 Å². The minimum absolute atomic E-state index is 0.0419. The second-order valence-electron chi connectivity index (χ2n) is 6.96. The van der Waals surface area contributed by atoms with Crippen molar-refractivity contribution in [1.29, 1.82) is 0 Å². The van der Waals surface area contributed by atoms with Gasteiger partial charge in [0.2, 0.25) is 0 Å². The molecule has 1 aromatic carbocycles. The number of fused-ring (bicyclic) bond motifs is 4. The average Bonchev–Trinajstić information content (AvgIpc) is 3.09. The molecule has 0 bridgehead atoms. The first-order chi connectivity index (χ1) is 12.2. The third-order valence-corrected chi connectivity index (χ3v) is 5.65. The molecular formula is C19H25N5O. The number of para-hydroxylation sites is 1. The summed E-state index contributed by atoms with van der Waals surface area (Å²) in [5, 5.41) is 2.91. The minimum Gasteiger partial charge on any atom is -0.338 e. The molecule has 1 spiro atoms. The maximum atomic E-state index is 12.2. The summed E-state index contributed by atoms with van der Waals surface area (Å²) in [5.74, 6) is 1.09. The van der Waals surface area contributed by atoms with Crippen LogP contribution in [0.25, 0.3) is 5.69 Å². The lowest BCUT2D eigenvalue weighted by molar-refractivity contribution is 0.0359. The molecule has 2 aromatic rings. The van der Waals surface area contributed by atoms with Crippen LogP contribution in [-0.2, 0) is 12.1 Å². The van der Waals surface area contributed by atoms with E-state index in [0.29, 0.717) is 6.54 Å². The Kier molecular flexibility index (Phi) is 4.00. The number of benzene rings is 1. The highest BCUT2D eigenvalue weighted by Crippen LogP contribution is 2.41. The second kappa shape index (κ2) is 6.19. The van der Waals surface area contributed by atoms with Gasteiger partial charge in [-0.2, -0.15) is 0 Å². The first kappa shape index (κ1) is 16.1. The normalized spacial score (nSPS) is 19.2. The van der Waals surface area contributed by atoms with Gasteiger partial charge in [0.25, 0.3) is 0 Å². The summed E-state index contributed by atoms with van der Waals surface area (Å²) in [4.78, 5) is 21.3. The fraction of sp³-hybridized carbons (Fsp3) is 0.474. The number of carbonyl (C=O) groups is 1. The van der Waals surface area contributed by atoms with Crippen LogP contribution in [0.1, 0.15) is 31.2 Å². The average molecular weight is 339 g/mol. The van der Waals surface area contributed by atoms with E-state index in [2.05, 4.69) is 52.3 Å². The molecule has 2 aliphatic rings. The van der Waals surface area contributed by atoms with Crippen LogP contribution in [0, 0.1) is 0 Å². The molecule has 4 rings (SSSR count). The van der Waals surface area contributed by atoms with Gasteiger partial charge in [0.15, 0.2) is 0 Å². The van der Waals surface area contributed by atoms with Crippen molar-refractivity contribution in [2.75, 3.05) is 26.7 Å². The third kappa shape index (κ3) is 2.52. The molecule has 1 saturated heterocycles. The number of likely N-dealkylation sites (tertiary alicyclic amines) is 1. The van der Waals surface area contributed by atoms with Crippen molar-refractivity contribution in [3.8, 4) is 5.69 Å². The lowest BCUT2D eigenvalue weighted by Crippen LogP contribution is -2.54. The molecule has 0 aliphatic carbocycles. The molecule has 6 nitrogen and oxygen atoms in total. The van der Waals surface area contributed by atoms with Crippen LogP contribution in [0.2, 0.25) is 0 Å². The van der Waals surface area contributed by atoms with Gasteiger partial charge in [-0.05, 0) is 38.4 Å². The number of nitrogens with zero attached hydrogens (tertiary/aromatic N) is 4. The molecule has 0 atom stereocenters. The molecule has 132 valence electrons. The van der Waals surface area contributed by atoms with Crippen molar-refractivity contribution in [2.45, 2.75) is 31.8 Å². The Bertz CT molecular complexity index is 776. The summed E-state index contributed by atoms with van der Waals surface area (Å²) >= 11 is 0. The minimum atomic E-state index is -0.133. The van der Waals surface area contributed by atoms with E-state index in [4.69, 9.17) is 4.98 Å². The van der Waals surface area contributed by atoms with Crippen molar-refractivity contribution in [1.82, 2.24) is 24.7 Å². The third-order valence-electron chi connectivity index (χ3n) is 5.65. The number of piperidine rings is 1. The molecule has 6 heteroatoms. The molecular weight excluding hydrogens is 314 g/mol. The largest absolute Gasteiger partial charge is 0.338 e. The molecule has 0 saturated carbocycles. The lowest BCUT2D eigenvalue weighted by Gasteiger charge is -2.45. The quantitative estimate of drug-likeness (QED) is 0.868. The zero-order chi connectivity index (χ0) is 17.4. The van der Waals surface area contributed by atoms with Gasteiger partial charge in [0.1, 0.15) is 5.82 Å². The Balaban J connectivity index is 1.69. The Morgan fingerprint density at radius 1 is 1.28 bits per heavy atom. The number of amides is 2. The lowest BCUT2D eigenvalue weighted by atomic mass is 9.85. The van der Waals surface area contributed by atoms with Crippen molar-refractivity contribution in [3.63, 3.8) is 0 Å². The fourth-order valence-electron chi connectivity index (χ4n) is 4.25. The maximum absolute atomic E-state index is 12.2. The van der Waals surface area contributed by atoms with Gasteiger partial charge in [-0.25, -0.2) is 9.78 Å². The van der Waals surface area contributed by atoms with Crippen LogP contribution in [0.4, 0.5) is 4.79 Å². The number of rotatable bonds is 1. The first-order valence-electron chi connectivity index (χ1n) is 9.02. The molecule has 1 fully saturated rings.